The molecule has 7 nitrogen and oxygen atoms in total. The van der Waals surface area contributed by atoms with Crippen LogP contribution in [0.25, 0.3) is 0 Å². The van der Waals surface area contributed by atoms with Crippen LogP contribution < -0.4 is 9.62 Å². The van der Waals surface area contributed by atoms with Gasteiger partial charge in [-0.1, -0.05) is 84.8 Å². The topological polar surface area (TPSA) is 86.8 Å². The van der Waals surface area contributed by atoms with Crippen LogP contribution in [0, 0.1) is 12.7 Å². The second-order valence-corrected chi connectivity index (χ2v) is 13.2. The van der Waals surface area contributed by atoms with Crippen LogP contribution in [0.4, 0.5) is 10.1 Å². The summed E-state index contributed by atoms with van der Waals surface area (Å²) in [6, 6.07) is 26.3. The van der Waals surface area contributed by atoms with Crippen molar-refractivity contribution in [3.63, 3.8) is 0 Å². The maximum Gasteiger partial charge on any atom is 0.264 e. The van der Waals surface area contributed by atoms with Crippen molar-refractivity contribution in [1.29, 1.82) is 0 Å². The summed E-state index contributed by atoms with van der Waals surface area (Å²) >= 11 is 6.53. The maximum absolute atomic E-state index is 14.5. The van der Waals surface area contributed by atoms with Crippen LogP contribution in [0.3, 0.4) is 0 Å². The summed E-state index contributed by atoms with van der Waals surface area (Å²) in [5, 5.41) is 3.41. The molecule has 4 aromatic carbocycles. The van der Waals surface area contributed by atoms with Gasteiger partial charge in [0, 0.05) is 24.0 Å². The van der Waals surface area contributed by atoms with Gasteiger partial charge >= 0.3 is 0 Å². The number of rotatable bonds is 13. The predicted molar refractivity (Wildman–Crippen MR) is 176 cm³/mol. The molecule has 2 amide bonds. The first-order chi connectivity index (χ1) is 21.5. The highest BCUT2D eigenvalue weighted by atomic mass is 35.5. The fraction of sp³-hybridized carbons (Fsp3) is 0.257. The zero-order valence-electron chi connectivity index (χ0n) is 25.5. The van der Waals surface area contributed by atoms with Crippen LogP contribution in [0.1, 0.15) is 37.0 Å². The molecule has 0 bridgehead atoms. The Labute approximate surface area is 269 Å². The van der Waals surface area contributed by atoms with Crippen LogP contribution in [0.15, 0.2) is 108 Å². The third kappa shape index (κ3) is 8.71. The van der Waals surface area contributed by atoms with Gasteiger partial charge in [-0.25, -0.2) is 12.8 Å². The van der Waals surface area contributed by atoms with Crippen molar-refractivity contribution in [1.82, 2.24) is 10.2 Å². The lowest BCUT2D eigenvalue weighted by molar-refractivity contribution is -0.140. The number of hydrogen-bond donors (Lipinski definition) is 1. The van der Waals surface area contributed by atoms with E-state index in [4.69, 9.17) is 11.6 Å². The third-order valence-corrected chi connectivity index (χ3v) is 9.73. The molecule has 45 heavy (non-hydrogen) atoms. The minimum absolute atomic E-state index is 0.0394. The molecule has 0 saturated carbocycles. The Hall–Kier alpha value is -4.21. The first-order valence-electron chi connectivity index (χ1n) is 14.7. The Balaban J connectivity index is 1.81. The Morgan fingerprint density at radius 3 is 2.13 bits per heavy atom. The van der Waals surface area contributed by atoms with Gasteiger partial charge in [-0.05, 0) is 73.9 Å². The van der Waals surface area contributed by atoms with Crippen LogP contribution >= 0.6 is 11.6 Å². The minimum Gasteiger partial charge on any atom is -0.352 e. The molecule has 0 unspecified atom stereocenters. The third-order valence-electron chi connectivity index (χ3n) is 7.57. The summed E-state index contributed by atoms with van der Waals surface area (Å²) in [5.41, 5.74) is 2.58. The van der Waals surface area contributed by atoms with E-state index in [9.17, 15) is 22.4 Å². The lowest BCUT2D eigenvalue weighted by atomic mass is 10.0. The molecule has 4 aromatic rings. The average molecular weight is 650 g/mol. The molecule has 4 rings (SSSR count). The van der Waals surface area contributed by atoms with E-state index in [0.717, 1.165) is 39.7 Å². The first kappa shape index (κ1) is 33.7. The van der Waals surface area contributed by atoms with Crippen molar-refractivity contribution in [3.05, 3.63) is 131 Å². The number of carbonyl (C=O) groups excluding carboxylic acids is 2. The maximum atomic E-state index is 14.5. The number of aryl methyl sites for hydroxylation is 1. The number of nitrogens with one attached hydrogen (secondary N) is 1. The highest BCUT2D eigenvalue weighted by Gasteiger charge is 2.35. The summed E-state index contributed by atoms with van der Waals surface area (Å²) in [7, 11) is -4.33. The van der Waals surface area contributed by atoms with Crippen LogP contribution in [-0.4, -0.2) is 43.8 Å². The zero-order chi connectivity index (χ0) is 32.6. The van der Waals surface area contributed by atoms with Gasteiger partial charge in [0.15, 0.2) is 0 Å². The van der Waals surface area contributed by atoms with E-state index in [0.29, 0.717) is 17.0 Å². The lowest BCUT2D eigenvalue weighted by Crippen LogP contribution is -2.54. The molecular weight excluding hydrogens is 613 g/mol. The number of anilines is 1. The molecule has 236 valence electrons. The van der Waals surface area contributed by atoms with E-state index in [1.54, 1.807) is 48.5 Å². The van der Waals surface area contributed by atoms with Crippen LogP contribution in [0.5, 0.6) is 0 Å². The summed E-state index contributed by atoms with van der Waals surface area (Å²) in [6.45, 7) is 5.04. The van der Waals surface area contributed by atoms with E-state index in [1.807, 2.05) is 51.1 Å². The molecule has 0 spiro atoms. The number of nitrogens with zero attached hydrogens (tertiary/aromatic N) is 2. The number of amides is 2. The molecule has 1 N–H and O–H groups in total. The Kier molecular flexibility index (Phi) is 11.4. The lowest BCUT2D eigenvalue weighted by Gasteiger charge is -2.34. The van der Waals surface area contributed by atoms with E-state index in [-0.39, 0.29) is 35.5 Å². The fourth-order valence-corrected chi connectivity index (χ4v) is 6.39. The second kappa shape index (κ2) is 15.2. The largest absolute Gasteiger partial charge is 0.352 e. The molecule has 0 fully saturated rings. The molecule has 0 aliphatic rings. The number of carbonyl (C=O) groups is 2. The standard InChI is InChI=1S/C35H37ClFN3O4S/c1-4-26(3)38-35(42)33(22-27-10-6-5-7-11-27)39(23-28-12-8-9-13-32(28)36)34(41)24-40(30-18-14-25(2)15-19-30)45(43,44)31-20-16-29(37)17-21-31/h5-21,26,33H,4,22-24H2,1-3H3,(H,38,42)/t26-,33-/m1/s1. The summed E-state index contributed by atoms with van der Waals surface area (Å²) in [4.78, 5) is 29.6. The summed E-state index contributed by atoms with van der Waals surface area (Å²) in [5.74, 6) is -1.56. The van der Waals surface area contributed by atoms with Gasteiger partial charge in [-0.3, -0.25) is 13.9 Å². The Morgan fingerprint density at radius 2 is 1.51 bits per heavy atom. The van der Waals surface area contributed by atoms with Crippen molar-refractivity contribution in [2.45, 2.75) is 57.1 Å². The number of benzene rings is 4. The van der Waals surface area contributed by atoms with Gasteiger partial charge in [-0.2, -0.15) is 0 Å². The number of sulfonamides is 1. The fourth-order valence-electron chi connectivity index (χ4n) is 4.78. The minimum atomic E-state index is -4.33. The normalized spacial score (nSPS) is 12.6. The highest BCUT2D eigenvalue weighted by molar-refractivity contribution is 7.92. The van der Waals surface area contributed by atoms with Crippen molar-refractivity contribution >= 4 is 39.1 Å². The zero-order valence-corrected chi connectivity index (χ0v) is 27.1. The molecule has 0 radical (unpaired) electrons. The van der Waals surface area contributed by atoms with Crippen molar-refractivity contribution in [3.8, 4) is 0 Å². The van der Waals surface area contributed by atoms with Gasteiger partial charge < -0.3 is 10.2 Å². The van der Waals surface area contributed by atoms with E-state index >= 15 is 0 Å². The molecule has 0 aromatic heterocycles. The van der Waals surface area contributed by atoms with Crippen molar-refractivity contribution in [2.75, 3.05) is 10.8 Å². The van der Waals surface area contributed by atoms with Crippen molar-refractivity contribution in [2.24, 2.45) is 0 Å². The molecular formula is C35H37ClFN3O4S. The van der Waals surface area contributed by atoms with E-state index < -0.39 is 34.3 Å². The SMILES string of the molecule is CC[C@@H](C)NC(=O)[C@@H](Cc1ccccc1)N(Cc1ccccc1Cl)C(=O)CN(c1ccc(C)cc1)S(=O)(=O)c1ccc(F)cc1. The Bertz CT molecular complexity index is 1700. The predicted octanol–water partition coefficient (Wildman–Crippen LogP) is 6.54. The van der Waals surface area contributed by atoms with Gasteiger partial charge in [0.1, 0.15) is 18.4 Å². The smallest absolute Gasteiger partial charge is 0.264 e. The van der Waals surface area contributed by atoms with E-state index in [1.165, 1.54) is 4.90 Å². The summed E-state index contributed by atoms with van der Waals surface area (Å²) < 4.78 is 42.8. The quantitative estimate of drug-likeness (QED) is 0.178. The second-order valence-electron chi connectivity index (χ2n) is 10.9. The van der Waals surface area contributed by atoms with Gasteiger partial charge in [0.05, 0.1) is 10.6 Å². The van der Waals surface area contributed by atoms with Crippen LogP contribution in [0.2, 0.25) is 5.02 Å². The van der Waals surface area contributed by atoms with Crippen LogP contribution in [-0.2, 0) is 32.6 Å². The van der Waals surface area contributed by atoms with Gasteiger partial charge in [-0.15, -0.1) is 0 Å². The van der Waals surface area contributed by atoms with Gasteiger partial charge in [0.25, 0.3) is 10.0 Å². The number of hydrogen-bond acceptors (Lipinski definition) is 4. The summed E-state index contributed by atoms with van der Waals surface area (Å²) in [6.07, 6.45) is 0.869. The molecule has 0 aliphatic heterocycles. The monoisotopic (exact) mass is 649 g/mol. The molecule has 2 atom stereocenters. The van der Waals surface area contributed by atoms with Crippen molar-refractivity contribution < 1.29 is 22.4 Å². The molecule has 0 aliphatic carbocycles. The van der Waals surface area contributed by atoms with E-state index in [2.05, 4.69) is 5.32 Å². The van der Waals surface area contributed by atoms with Gasteiger partial charge in [0.2, 0.25) is 11.8 Å². The highest BCUT2D eigenvalue weighted by Crippen LogP contribution is 2.26. The molecule has 0 heterocycles. The first-order valence-corrected chi connectivity index (χ1v) is 16.5. The Morgan fingerprint density at radius 1 is 0.889 bits per heavy atom. The average Bonchev–Trinajstić information content (AvgIpc) is 3.03. The number of halogens is 2. The molecule has 10 heteroatoms. The molecule has 0 saturated heterocycles.